The van der Waals surface area contributed by atoms with Gasteiger partial charge in [-0.15, -0.1) is 5.11 Å². The molecule has 3 aromatic carbocycles. The Morgan fingerprint density at radius 1 is 0.857 bits per heavy atom. The van der Waals surface area contributed by atoms with Crippen LogP contribution in [-0.2, 0) is 0 Å². The minimum absolute atomic E-state index is 0.347. The van der Waals surface area contributed by atoms with Crippen molar-refractivity contribution in [3.8, 4) is 22.5 Å². The molecule has 7 nitrogen and oxygen atoms in total. The number of para-hydroxylation sites is 1. The van der Waals surface area contributed by atoms with Crippen LogP contribution in [0.25, 0.3) is 39.1 Å². The van der Waals surface area contributed by atoms with Gasteiger partial charge in [-0.3, -0.25) is 0 Å². The topological polar surface area (TPSA) is 85.1 Å². The van der Waals surface area contributed by atoms with Gasteiger partial charge in [0.2, 0.25) is 0 Å². The summed E-state index contributed by atoms with van der Waals surface area (Å²) in [5.74, 6) is -0.356. The lowest BCUT2D eigenvalue weighted by molar-refractivity contribution is 0.563. The van der Waals surface area contributed by atoms with E-state index in [9.17, 15) is 9.18 Å². The molecular formula is C27H16FN5O2. The van der Waals surface area contributed by atoms with Gasteiger partial charge in [-0.05, 0) is 42.5 Å². The molecule has 0 bridgehead atoms. The molecule has 0 radical (unpaired) electrons. The standard InChI is InChI=1S/C27H16FN5O2/c28-19-10-12-20(13-11-19)30-31-25-24(17-6-2-1-3-7-17)32-33-22(14-15-29-26(25)33)21-16-18-8-4-5-9-23(18)35-27(21)34/h1-16H. The maximum atomic E-state index is 13.3. The fraction of sp³-hybridized carbons (Fsp3) is 0. The fourth-order valence-electron chi connectivity index (χ4n) is 3.88. The van der Waals surface area contributed by atoms with Gasteiger partial charge in [0.05, 0.1) is 16.9 Å². The Hall–Kier alpha value is -4.98. The van der Waals surface area contributed by atoms with Crippen LogP contribution in [0.3, 0.4) is 0 Å². The average molecular weight is 461 g/mol. The molecule has 0 atom stereocenters. The summed E-state index contributed by atoms with van der Waals surface area (Å²) in [6.07, 6.45) is 1.59. The predicted octanol–water partition coefficient (Wildman–Crippen LogP) is 6.72. The summed E-state index contributed by atoms with van der Waals surface area (Å²) < 4.78 is 20.4. The van der Waals surface area contributed by atoms with Crippen LogP contribution in [0.15, 0.2) is 117 Å². The quantitative estimate of drug-likeness (QED) is 0.215. The Bertz CT molecular complexity index is 1770. The molecule has 3 aromatic heterocycles. The zero-order valence-corrected chi connectivity index (χ0v) is 18.2. The van der Waals surface area contributed by atoms with E-state index in [-0.39, 0.29) is 5.82 Å². The van der Waals surface area contributed by atoms with Crippen LogP contribution in [0, 0.1) is 5.82 Å². The first-order chi connectivity index (χ1) is 17.2. The number of azo groups is 1. The van der Waals surface area contributed by atoms with E-state index in [4.69, 9.17) is 9.52 Å². The fourth-order valence-corrected chi connectivity index (χ4v) is 3.88. The van der Waals surface area contributed by atoms with Crippen LogP contribution >= 0.6 is 0 Å². The highest BCUT2D eigenvalue weighted by Gasteiger charge is 2.20. The number of hydrogen-bond donors (Lipinski definition) is 0. The van der Waals surface area contributed by atoms with E-state index in [1.165, 1.54) is 24.3 Å². The van der Waals surface area contributed by atoms with E-state index in [1.807, 2.05) is 48.5 Å². The molecule has 0 aliphatic carbocycles. The molecule has 0 amide bonds. The lowest BCUT2D eigenvalue weighted by Crippen LogP contribution is -2.07. The van der Waals surface area contributed by atoms with Crippen LogP contribution in [0.4, 0.5) is 15.8 Å². The summed E-state index contributed by atoms with van der Waals surface area (Å²) in [6.45, 7) is 0. The number of benzene rings is 3. The second kappa shape index (κ2) is 8.42. The van der Waals surface area contributed by atoms with Gasteiger partial charge in [-0.25, -0.2) is 18.7 Å². The molecule has 6 rings (SSSR count). The first kappa shape index (κ1) is 20.6. The van der Waals surface area contributed by atoms with Gasteiger partial charge >= 0.3 is 5.63 Å². The van der Waals surface area contributed by atoms with Gasteiger partial charge in [0, 0.05) is 17.1 Å². The Kier molecular flexibility index (Phi) is 4.96. The Morgan fingerprint density at radius 3 is 2.46 bits per heavy atom. The van der Waals surface area contributed by atoms with Crippen molar-refractivity contribution in [3.63, 3.8) is 0 Å². The van der Waals surface area contributed by atoms with Gasteiger partial charge in [-0.2, -0.15) is 10.2 Å². The van der Waals surface area contributed by atoms with Crippen LogP contribution in [-0.4, -0.2) is 14.6 Å². The zero-order valence-electron chi connectivity index (χ0n) is 18.2. The lowest BCUT2D eigenvalue weighted by Gasteiger charge is -2.04. The van der Waals surface area contributed by atoms with Gasteiger partial charge in [-0.1, -0.05) is 48.5 Å². The van der Waals surface area contributed by atoms with E-state index in [0.29, 0.717) is 39.6 Å². The summed E-state index contributed by atoms with van der Waals surface area (Å²) in [6, 6.07) is 26.0. The van der Waals surface area contributed by atoms with Crippen molar-refractivity contribution < 1.29 is 8.81 Å². The van der Waals surface area contributed by atoms with E-state index in [1.54, 1.807) is 28.9 Å². The Balaban J connectivity index is 1.59. The molecule has 6 aromatic rings. The molecule has 0 aliphatic rings. The third-order valence-corrected chi connectivity index (χ3v) is 5.55. The summed E-state index contributed by atoms with van der Waals surface area (Å²) in [5.41, 5.74) is 3.55. The number of aromatic nitrogens is 3. The predicted molar refractivity (Wildman–Crippen MR) is 130 cm³/mol. The van der Waals surface area contributed by atoms with Crippen molar-refractivity contribution in [2.45, 2.75) is 0 Å². The minimum Gasteiger partial charge on any atom is -0.422 e. The SMILES string of the molecule is O=c1oc2ccccc2cc1-c1ccnc2c(N=Nc3ccc(F)cc3)c(-c3ccccc3)nn12. The molecule has 0 fully saturated rings. The molecule has 35 heavy (non-hydrogen) atoms. The van der Waals surface area contributed by atoms with Crippen LogP contribution < -0.4 is 5.63 Å². The van der Waals surface area contributed by atoms with Crippen molar-refractivity contribution in [2.24, 2.45) is 10.2 Å². The van der Waals surface area contributed by atoms with Crippen molar-refractivity contribution >= 4 is 28.0 Å². The number of halogens is 1. The molecule has 0 spiro atoms. The second-order valence-electron chi connectivity index (χ2n) is 7.79. The molecule has 0 saturated heterocycles. The molecule has 8 heteroatoms. The minimum atomic E-state index is -0.484. The molecule has 3 heterocycles. The Labute approximate surface area is 197 Å². The maximum Gasteiger partial charge on any atom is 0.345 e. The number of rotatable bonds is 4. The van der Waals surface area contributed by atoms with Crippen molar-refractivity contribution in [1.29, 1.82) is 0 Å². The lowest BCUT2D eigenvalue weighted by atomic mass is 10.1. The van der Waals surface area contributed by atoms with Crippen molar-refractivity contribution in [2.75, 3.05) is 0 Å². The smallest absolute Gasteiger partial charge is 0.345 e. The first-order valence-corrected chi connectivity index (χ1v) is 10.8. The molecule has 168 valence electrons. The summed E-state index contributed by atoms with van der Waals surface area (Å²) in [4.78, 5) is 17.4. The third-order valence-electron chi connectivity index (χ3n) is 5.55. The van der Waals surface area contributed by atoms with Crippen LogP contribution in [0.5, 0.6) is 0 Å². The van der Waals surface area contributed by atoms with E-state index in [2.05, 4.69) is 15.2 Å². The van der Waals surface area contributed by atoms with Crippen LogP contribution in [0.1, 0.15) is 0 Å². The van der Waals surface area contributed by atoms with Crippen molar-refractivity contribution in [3.05, 3.63) is 113 Å². The first-order valence-electron chi connectivity index (χ1n) is 10.8. The van der Waals surface area contributed by atoms with Gasteiger partial charge in [0.25, 0.3) is 0 Å². The highest BCUT2D eigenvalue weighted by Crippen LogP contribution is 2.35. The van der Waals surface area contributed by atoms with E-state index in [0.717, 1.165) is 10.9 Å². The van der Waals surface area contributed by atoms with Gasteiger partial charge in [0.15, 0.2) is 11.3 Å². The maximum absolute atomic E-state index is 13.3. The van der Waals surface area contributed by atoms with Gasteiger partial charge < -0.3 is 4.42 Å². The summed E-state index contributed by atoms with van der Waals surface area (Å²) in [7, 11) is 0. The van der Waals surface area contributed by atoms with Crippen LogP contribution in [0.2, 0.25) is 0 Å². The largest absolute Gasteiger partial charge is 0.422 e. The van der Waals surface area contributed by atoms with E-state index >= 15 is 0 Å². The van der Waals surface area contributed by atoms with Gasteiger partial charge in [0.1, 0.15) is 17.1 Å². The third kappa shape index (κ3) is 3.76. The number of nitrogens with zero attached hydrogens (tertiary/aromatic N) is 5. The van der Waals surface area contributed by atoms with Crippen molar-refractivity contribution in [1.82, 2.24) is 14.6 Å². The molecule has 0 N–H and O–H groups in total. The number of fused-ring (bicyclic) bond motifs is 2. The molecule has 0 unspecified atom stereocenters. The summed E-state index contributed by atoms with van der Waals surface area (Å²) in [5, 5.41) is 14.3. The highest BCUT2D eigenvalue weighted by atomic mass is 19.1. The highest BCUT2D eigenvalue weighted by molar-refractivity contribution is 5.85. The Morgan fingerprint density at radius 2 is 1.63 bits per heavy atom. The average Bonchev–Trinajstić information content (AvgIpc) is 3.27. The summed E-state index contributed by atoms with van der Waals surface area (Å²) >= 11 is 0. The molecular weight excluding hydrogens is 445 g/mol. The normalized spacial score (nSPS) is 11.6. The monoisotopic (exact) mass is 461 g/mol. The second-order valence-corrected chi connectivity index (χ2v) is 7.79. The number of hydrogen-bond acceptors (Lipinski definition) is 6. The zero-order chi connectivity index (χ0) is 23.8. The van der Waals surface area contributed by atoms with E-state index < -0.39 is 5.63 Å². The molecule has 0 saturated carbocycles. The molecule has 0 aliphatic heterocycles.